The van der Waals surface area contributed by atoms with E-state index in [2.05, 4.69) is 0 Å². The first kappa shape index (κ1) is 11.5. The van der Waals surface area contributed by atoms with Crippen LogP contribution in [0.3, 0.4) is 0 Å². The lowest BCUT2D eigenvalue weighted by Crippen LogP contribution is -1.96. The van der Waals surface area contributed by atoms with Crippen molar-refractivity contribution in [3.8, 4) is 11.5 Å². The van der Waals surface area contributed by atoms with E-state index in [1.54, 1.807) is 0 Å². The third kappa shape index (κ3) is 2.26. The molecule has 0 saturated heterocycles. The molecule has 0 atom stereocenters. The van der Waals surface area contributed by atoms with E-state index in [9.17, 15) is 8.78 Å². The lowest BCUT2D eigenvalue weighted by molar-refractivity contribution is 0.147. The van der Waals surface area contributed by atoms with Crippen molar-refractivity contribution in [2.24, 2.45) is 0 Å². The van der Waals surface area contributed by atoms with Crippen LogP contribution < -0.4 is 9.47 Å². The number of benzene rings is 1. The summed E-state index contributed by atoms with van der Waals surface area (Å²) < 4.78 is 35.5. The summed E-state index contributed by atoms with van der Waals surface area (Å²) in [4.78, 5) is 0. The maximum atomic E-state index is 12.5. The second-order valence-electron chi connectivity index (χ2n) is 2.53. The van der Waals surface area contributed by atoms with Crippen molar-refractivity contribution >= 4 is 22.6 Å². The summed E-state index contributed by atoms with van der Waals surface area (Å²) in [5, 5.41) is 0. The van der Waals surface area contributed by atoms with Gasteiger partial charge in [-0.15, -0.1) is 0 Å². The van der Waals surface area contributed by atoms with Crippen molar-refractivity contribution in [2.75, 3.05) is 14.2 Å². The van der Waals surface area contributed by atoms with Gasteiger partial charge in [0.05, 0.1) is 23.4 Å². The minimum atomic E-state index is -2.54. The van der Waals surface area contributed by atoms with Crippen LogP contribution in [0, 0.1) is 3.57 Å². The summed E-state index contributed by atoms with van der Waals surface area (Å²) >= 11 is 1.94. The Bertz CT molecular complexity index is 329. The minimum Gasteiger partial charge on any atom is -0.496 e. The summed E-state index contributed by atoms with van der Waals surface area (Å²) in [7, 11) is 2.84. The molecule has 0 aromatic heterocycles. The molecular formula is C9H9F2IO2. The molecule has 0 bridgehead atoms. The summed E-state index contributed by atoms with van der Waals surface area (Å²) in [6.45, 7) is 0. The van der Waals surface area contributed by atoms with Gasteiger partial charge in [-0.25, -0.2) is 8.78 Å². The van der Waals surface area contributed by atoms with Gasteiger partial charge in [-0.05, 0) is 28.7 Å². The van der Waals surface area contributed by atoms with Gasteiger partial charge < -0.3 is 9.47 Å². The minimum absolute atomic E-state index is 0.113. The molecule has 0 spiro atoms. The molecule has 14 heavy (non-hydrogen) atoms. The van der Waals surface area contributed by atoms with Crippen LogP contribution in [0.1, 0.15) is 12.0 Å². The Labute approximate surface area is 94.3 Å². The predicted molar refractivity (Wildman–Crippen MR) is 57.2 cm³/mol. The Morgan fingerprint density at radius 2 is 1.71 bits per heavy atom. The van der Waals surface area contributed by atoms with Crippen molar-refractivity contribution < 1.29 is 18.3 Å². The van der Waals surface area contributed by atoms with Gasteiger partial charge in [0.1, 0.15) is 11.5 Å². The van der Waals surface area contributed by atoms with Gasteiger partial charge in [-0.1, -0.05) is 0 Å². The maximum absolute atomic E-state index is 12.5. The fraction of sp³-hybridized carbons (Fsp3) is 0.333. The Kier molecular flexibility index (Phi) is 3.91. The topological polar surface area (TPSA) is 18.5 Å². The van der Waals surface area contributed by atoms with Gasteiger partial charge in [-0.2, -0.15) is 0 Å². The van der Waals surface area contributed by atoms with Crippen molar-refractivity contribution in [3.05, 3.63) is 21.3 Å². The largest absolute Gasteiger partial charge is 0.496 e. The SMILES string of the molecule is COc1cc(OC)c(C(F)F)cc1I. The van der Waals surface area contributed by atoms with Crippen LogP contribution in [0.5, 0.6) is 11.5 Å². The maximum Gasteiger partial charge on any atom is 0.267 e. The number of hydrogen-bond donors (Lipinski definition) is 0. The fourth-order valence-corrected chi connectivity index (χ4v) is 1.77. The number of halogens is 3. The molecule has 0 N–H and O–H groups in total. The second-order valence-corrected chi connectivity index (χ2v) is 3.69. The summed E-state index contributed by atoms with van der Waals surface area (Å²) in [6.07, 6.45) is -2.54. The highest BCUT2D eigenvalue weighted by atomic mass is 127. The molecule has 2 nitrogen and oxygen atoms in total. The van der Waals surface area contributed by atoms with Crippen LogP contribution in [0.2, 0.25) is 0 Å². The highest BCUT2D eigenvalue weighted by Crippen LogP contribution is 2.35. The van der Waals surface area contributed by atoms with Crippen LogP contribution in [-0.2, 0) is 0 Å². The van der Waals surface area contributed by atoms with Crippen molar-refractivity contribution in [2.45, 2.75) is 6.43 Å². The monoisotopic (exact) mass is 314 g/mol. The van der Waals surface area contributed by atoms with Gasteiger partial charge in [0.2, 0.25) is 0 Å². The summed E-state index contributed by atoms with van der Waals surface area (Å²) in [5.41, 5.74) is -0.113. The predicted octanol–water partition coefficient (Wildman–Crippen LogP) is 3.25. The lowest BCUT2D eigenvalue weighted by atomic mass is 10.2. The molecule has 78 valence electrons. The fourth-order valence-electron chi connectivity index (χ4n) is 1.05. The number of methoxy groups -OCH3 is 2. The third-order valence-corrected chi connectivity index (χ3v) is 2.58. The highest BCUT2D eigenvalue weighted by molar-refractivity contribution is 14.1. The van der Waals surface area contributed by atoms with Crippen LogP contribution in [0.25, 0.3) is 0 Å². The first-order valence-electron chi connectivity index (χ1n) is 3.79. The molecule has 0 saturated carbocycles. The van der Waals surface area contributed by atoms with E-state index in [-0.39, 0.29) is 11.3 Å². The first-order valence-corrected chi connectivity index (χ1v) is 4.87. The lowest BCUT2D eigenvalue weighted by Gasteiger charge is -2.11. The van der Waals surface area contributed by atoms with E-state index < -0.39 is 6.43 Å². The molecule has 0 aliphatic carbocycles. The Hall–Kier alpha value is -0.590. The number of alkyl halides is 2. The summed E-state index contributed by atoms with van der Waals surface area (Å²) in [6, 6.07) is 2.83. The van der Waals surface area contributed by atoms with Crippen LogP contribution >= 0.6 is 22.6 Å². The van der Waals surface area contributed by atoms with Crippen LogP contribution in [-0.4, -0.2) is 14.2 Å². The Morgan fingerprint density at radius 1 is 1.14 bits per heavy atom. The first-order chi connectivity index (χ1) is 6.60. The normalized spacial score (nSPS) is 10.4. The molecule has 5 heteroatoms. The van der Waals surface area contributed by atoms with Crippen molar-refractivity contribution in [1.82, 2.24) is 0 Å². The van der Waals surface area contributed by atoms with Gasteiger partial charge in [0, 0.05) is 6.07 Å². The van der Waals surface area contributed by atoms with Crippen LogP contribution in [0.4, 0.5) is 8.78 Å². The number of hydrogen-bond acceptors (Lipinski definition) is 2. The molecule has 0 heterocycles. The van der Waals surface area contributed by atoms with Gasteiger partial charge in [0.15, 0.2) is 0 Å². The van der Waals surface area contributed by atoms with Crippen LogP contribution in [0.15, 0.2) is 12.1 Å². The Balaban J connectivity index is 3.24. The van der Waals surface area contributed by atoms with E-state index in [0.29, 0.717) is 9.32 Å². The summed E-state index contributed by atoms with van der Waals surface area (Å²) in [5.74, 6) is 0.684. The zero-order chi connectivity index (χ0) is 10.7. The highest BCUT2D eigenvalue weighted by Gasteiger charge is 2.16. The molecule has 0 aliphatic heterocycles. The zero-order valence-corrected chi connectivity index (χ0v) is 9.84. The van der Waals surface area contributed by atoms with Crippen molar-refractivity contribution in [1.29, 1.82) is 0 Å². The average Bonchev–Trinajstić information content (AvgIpc) is 2.17. The van der Waals surface area contributed by atoms with Gasteiger partial charge >= 0.3 is 0 Å². The molecule has 0 fully saturated rings. The zero-order valence-electron chi connectivity index (χ0n) is 7.68. The molecule has 1 aromatic carbocycles. The molecule has 0 unspecified atom stereocenters. The van der Waals surface area contributed by atoms with Gasteiger partial charge in [-0.3, -0.25) is 0 Å². The molecule has 0 amide bonds. The van der Waals surface area contributed by atoms with E-state index >= 15 is 0 Å². The molecule has 1 rings (SSSR count). The molecule has 0 aliphatic rings. The smallest absolute Gasteiger partial charge is 0.267 e. The van der Waals surface area contributed by atoms with E-state index in [1.807, 2.05) is 22.6 Å². The van der Waals surface area contributed by atoms with Crippen molar-refractivity contribution in [3.63, 3.8) is 0 Å². The Morgan fingerprint density at radius 3 is 2.14 bits per heavy atom. The average molecular weight is 314 g/mol. The van der Waals surface area contributed by atoms with E-state index in [0.717, 1.165) is 0 Å². The molecule has 1 aromatic rings. The third-order valence-electron chi connectivity index (χ3n) is 1.74. The van der Waals surface area contributed by atoms with E-state index in [4.69, 9.17) is 9.47 Å². The second kappa shape index (κ2) is 4.77. The van der Waals surface area contributed by atoms with E-state index in [1.165, 1.54) is 26.4 Å². The molecular weight excluding hydrogens is 305 g/mol. The molecule has 0 radical (unpaired) electrons. The quantitative estimate of drug-likeness (QED) is 0.798. The number of rotatable bonds is 3. The standard InChI is InChI=1S/C9H9F2IO2/c1-13-7-4-8(14-2)6(12)3-5(7)9(10)11/h3-4,9H,1-2H3. The number of ether oxygens (including phenoxy) is 2. The van der Waals surface area contributed by atoms with Gasteiger partial charge in [0.25, 0.3) is 6.43 Å².